The quantitative estimate of drug-likeness (QED) is 0.719. The molecule has 0 aromatic heterocycles. The van der Waals surface area contributed by atoms with Gasteiger partial charge in [0, 0.05) is 12.6 Å². The van der Waals surface area contributed by atoms with Crippen molar-refractivity contribution >= 4 is 10.8 Å². The van der Waals surface area contributed by atoms with Crippen molar-refractivity contribution in [2.45, 2.75) is 25.9 Å². The zero-order chi connectivity index (χ0) is 14.5. The standard InChI is InChI=1S/C20H21N/c1-16(21-15-17-8-3-2-4-9-17)14-19-12-7-11-18-10-5-6-13-20(18)19/h2-13,16,21H,14-15H2,1H3/t16-/m1/s1. The third-order valence-electron chi connectivity index (χ3n) is 3.90. The molecule has 0 bridgehead atoms. The van der Waals surface area contributed by atoms with Crippen LogP contribution in [0.3, 0.4) is 0 Å². The normalized spacial score (nSPS) is 12.4. The van der Waals surface area contributed by atoms with E-state index in [2.05, 4.69) is 85.0 Å². The fraction of sp³-hybridized carbons (Fsp3) is 0.200. The molecule has 3 aromatic carbocycles. The fourth-order valence-corrected chi connectivity index (χ4v) is 2.76. The first-order valence-electron chi connectivity index (χ1n) is 7.57. The van der Waals surface area contributed by atoms with E-state index in [-0.39, 0.29) is 0 Å². The van der Waals surface area contributed by atoms with Gasteiger partial charge in [0.25, 0.3) is 0 Å². The molecule has 0 aliphatic carbocycles. The Morgan fingerprint density at radius 1 is 0.810 bits per heavy atom. The molecular weight excluding hydrogens is 254 g/mol. The first-order chi connectivity index (χ1) is 10.3. The van der Waals surface area contributed by atoms with Gasteiger partial charge in [-0.05, 0) is 35.2 Å². The summed E-state index contributed by atoms with van der Waals surface area (Å²) in [5.41, 5.74) is 2.75. The molecule has 0 aliphatic heterocycles. The molecule has 21 heavy (non-hydrogen) atoms. The Labute approximate surface area is 126 Å². The van der Waals surface area contributed by atoms with Crippen LogP contribution in [0, 0.1) is 0 Å². The van der Waals surface area contributed by atoms with E-state index in [0.29, 0.717) is 6.04 Å². The second kappa shape index (κ2) is 6.55. The maximum atomic E-state index is 3.61. The van der Waals surface area contributed by atoms with Gasteiger partial charge in [-0.15, -0.1) is 0 Å². The van der Waals surface area contributed by atoms with Gasteiger partial charge >= 0.3 is 0 Å². The minimum Gasteiger partial charge on any atom is -0.310 e. The highest BCUT2D eigenvalue weighted by atomic mass is 14.9. The molecule has 1 nitrogen and oxygen atoms in total. The summed E-state index contributed by atoms with van der Waals surface area (Å²) in [6, 6.07) is 26.2. The minimum absolute atomic E-state index is 0.455. The summed E-state index contributed by atoms with van der Waals surface area (Å²) in [4.78, 5) is 0. The van der Waals surface area contributed by atoms with Crippen molar-refractivity contribution in [1.29, 1.82) is 0 Å². The molecule has 0 saturated heterocycles. The lowest BCUT2D eigenvalue weighted by atomic mass is 9.99. The molecule has 0 spiro atoms. The molecule has 0 amide bonds. The van der Waals surface area contributed by atoms with Crippen LogP contribution < -0.4 is 5.32 Å². The van der Waals surface area contributed by atoms with Crippen molar-refractivity contribution in [2.24, 2.45) is 0 Å². The van der Waals surface area contributed by atoms with Gasteiger partial charge in [-0.25, -0.2) is 0 Å². The Bertz CT molecular complexity index is 698. The summed E-state index contributed by atoms with van der Waals surface area (Å²) in [5.74, 6) is 0. The van der Waals surface area contributed by atoms with Crippen LogP contribution in [0.25, 0.3) is 10.8 Å². The number of fused-ring (bicyclic) bond motifs is 1. The van der Waals surface area contributed by atoms with Crippen LogP contribution in [0.2, 0.25) is 0 Å². The summed E-state index contributed by atoms with van der Waals surface area (Å²) < 4.78 is 0. The van der Waals surface area contributed by atoms with E-state index in [1.807, 2.05) is 0 Å². The summed E-state index contributed by atoms with van der Waals surface area (Å²) in [7, 11) is 0. The molecule has 3 rings (SSSR count). The van der Waals surface area contributed by atoms with E-state index in [1.54, 1.807) is 0 Å². The first kappa shape index (κ1) is 13.8. The van der Waals surface area contributed by atoms with Crippen molar-refractivity contribution < 1.29 is 0 Å². The average Bonchev–Trinajstić information content (AvgIpc) is 2.54. The molecule has 0 radical (unpaired) electrons. The van der Waals surface area contributed by atoms with Crippen molar-refractivity contribution in [3.05, 3.63) is 83.9 Å². The van der Waals surface area contributed by atoms with Crippen LogP contribution in [0.15, 0.2) is 72.8 Å². The predicted octanol–water partition coefficient (Wildman–Crippen LogP) is 4.56. The minimum atomic E-state index is 0.455. The van der Waals surface area contributed by atoms with E-state index < -0.39 is 0 Å². The molecule has 0 unspecified atom stereocenters. The van der Waals surface area contributed by atoms with E-state index in [1.165, 1.54) is 21.9 Å². The second-order valence-electron chi connectivity index (χ2n) is 5.61. The Balaban J connectivity index is 1.67. The number of hydrogen-bond donors (Lipinski definition) is 1. The molecule has 0 heterocycles. The van der Waals surface area contributed by atoms with E-state index in [9.17, 15) is 0 Å². The predicted molar refractivity (Wildman–Crippen MR) is 90.4 cm³/mol. The third-order valence-corrected chi connectivity index (χ3v) is 3.90. The number of rotatable bonds is 5. The van der Waals surface area contributed by atoms with Crippen LogP contribution in [0.4, 0.5) is 0 Å². The van der Waals surface area contributed by atoms with E-state index >= 15 is 0 Å². The van der Waals surface area contributed by atoms with E-state index in [0.717, 1.165) is 13.0 Å². The second-order valence-corrected chi connectivity index (χ2v) is 5.61. The Hall–Kier alpha value is -2.12. The zero-order valence-corrected chi connectivity index (χ0v) is 12.4. The SMILES string of the molecule is C[C@H](Cc1cccc2ccccc12)NCc1ccccc1. The van der Waals surface area contributed by atoms with E-state index in [4.69, 9.17) is 0 Å². The highest BCUT2D eigenvalue weighted by molar-refractivity contribution is 5.85. The number of nitrogens with one attached hydrogen (secondary N) is 1. The third kappa shape index (κ3) is 3.50. The Morgan fingerprint density at radius 2 is 1.52 bits per heavy atom. The van der Waals surface area contributed by atoms with Crippen LogP contribution in [-0.2, 0) is 13.0 Å². The van der Waals surface area contributed by atoms with Crippen molar-refractivity contribution in [2.75, 3.05) is 0 Å². The molecule has 3 aromatic rings. The summed E-state index contributed by atoms with van der Waals surface area (Å²) in [5, 5.41) is 6.31. The van der Waals surface area contributed by atoms with Crippen LogP contribution in [0.1, 0.15) is 18.1 Å². The van der Waals surface area contributed by atoms with Gasteiger partial charge in [-0.2, -0.15) is 0 Å². The molecular formula is C20H21N. The highest BCUT2D eigenvalue weighted by Crippen LogP contribution is 2.19. The molecule has 106 valence electrons. The van der Waals surface area contributed by atoms with Gasteiger partial charge < -0.3 is 5.32 Å². The molecule has 0 aliphatic rings. The van der Waals surface area contributed by atoms with Crippen molar-refractivity contribution in [3.63, 3.8) is 0 Å². The van der Waals surface area contributed by atoms with Gasteiger partial charge in [0.15, 0.2) is 0 Å². The topological polar surface area (TPSA) is 12.0 Å². The highest BCUT2D eigenvalue weighted by Gasteiger charge is 2.06. The van der Waals surface area contributed by atoms with Crippen LogP contribution in [0.5, 0.6) is 0 Å². The Morgan fingerprint density at radius 3 is 2.38 bits per heavy atom. The molecule has 1 heteroatoms. The Kier molecular flexibility index (Phi) is 4.32. The fourth-order valence-electron chi connectivity index (χ4n) is 2.76. The van der Waals surface area contributed by atoms with Gasteiger partial charge in [-0.3, -0.25) is 0 Å². The smallest absolute Gasteiger partial charge is 0.0208 e. The largest absolute Gasteiger partial charge is 0.310 e. The molecule has 1 atom stereocenters. The van der Waals surface area contributed by atoms with Gasteiger partial charge in [0.2, 0.25) is 0 Å². The lowest BCUT2D eigenvalue weighted by Crippen LogP contribution is -2.27. The van der Waals surface area contributed by atoms with Crippen LogP contribution >= 0.6 is 0 Å². The van der Waals surface area contributed by atoms with Crippen molar-refractivity contribution in [3.8, 4) is 0 Å². The molecule has 1 N–H and O–H groups in total. The number of hydrogen-bond acceptors (Lipinski definition) is 1. The van der Waals surface area contributed by atoms with Crippen LogP contribution in [-0.4, -0.2) is 6.04 Å². The molecule has 0 saturated carbocycles. The maximum Gasteiger partial charge on any atom is 0.0208 e. The maximum absolute atomic E-state index is 3.61. The van der Waals surface area contributed by atoms with Gasteiger partial charge in [-0.1, -0.05) is 72.8 Å². The first-order valence-corrected chi connectivity index (χ1v) is 7.57. The monoisotopic (exact) mass is 275 g/mol. The molecule has 0 fully saturated rings. The summed E-state index contributed by atoms with van der Waals surface area (Å²) in [6.45, 7) is 3.18. The lowest BCUT2D eigenvalue weighted by Gasteiger charge is -2.15. The van der Waals surface area contributed by atoms with Gasteiger partial charge in [0.05, 0.1) is 0 Å². The lowest BCUT2D eigenvalue weighted by molar-refractivity contribution is 0.547. The zero-order valence-electron chi connectivity index (χ0n) is 12.4. The summed E-state index contributed by atoms with van der Waals surface area (Å²) >= 11 is 0. The van der Waals surface area contributed by atoms with Gasteiger partial charge in [0.1, 0.15) is 0 Å². The average molecular weight is 275 g/mol. The number of benzene rings is 3. The summed E-state index contributed by atoms with van der Waals surface area (Å²) in [6.07, 6.45) is 1.05. The van der Waals surface area contributed by atoms with Crippen molar-refractivity contribution in [1.82, 2.24) is 5.32 Å².